The number of aromatic nitrogens is 1. The molecule has 1 aliphatic heterocycles. The molecule has 4 rings (SSSR count). The summed E-state index contributed by atoms with van der Waals surface area (Å²) in [6.45, 7) is 4.19. The molecule has 0 radical (unpaired) electrons. The third kappa shape index (κ3) is 2.93. The highest BCUT2D eigenvalue weighted by atomic mass is 79.9. The summed E-state index contributed by atoms with van der Waals surface area (Å²) in [4.78, 5) is 7.14. The molecule has 1 saturated carbocycles. The predicted octanol–water partition coefficient (Wildman–Crippen LogP) is 5.58. The number of ether oxygens (including phenoxy) is 1. The highest BCUT2D eigenvalue weighted by Gasteiger charge is 2.49. The average molecular weight is 422 g/mol. The van der Waals surface area contributed by atoms with Gasteiger partial charge in [-0.1, -0.05) is 30.7 Å². The molecule has 2 atom stereocenters. The van der Waals surface area contributed by atoms with Crippen molar-refractivity contribution in [1.82, 2.24) is 4.98 Å². The molecule has 2 heterocycles. The zero-order chi connectivity index (χ0) is 17.6. The predicted molar refractivity (Wildman–Crippen MR) is 106 cm³/mol. The van der Waals surface area contributed by atoms with Gasteiger partial charge in [0.25, 0.3) is 0 Å². The first-order chi connectivity index (χ1) is 12.0. The molecule has 0 saturated heterocycles. The molecule has 2 aliphatic rings. The van der Waals surface area contributed by atoms with Crippen LogP contribution in [0.2, 0.25) is 5.02 Å². The SMILES string of the molecule is COc1ccc(CN2C[C@@]3(CC[C@@H](C)C3)c3c2ncc(Br)c3Cl)cc1. The zero-order valence-corrected chi connectivity index (χ0v) is 16.9. The second kappa shape index (κ2) is 6.48. The van der Waals surface area contributed by atoms with E-state index in [1.165, 1.54) is 30.4 Å². The minimum absolute atomic E-state index is 0.148. The second-order valence-corrected chi connectivity index (χ2v) is 8.68. The molecule has 5 heteroatoms. The van der Waals surface area contributed by atoms with Crippen molar-refractivity contribution in [2.75, 3.05) is 18.6 Å². The van der Waals surface area contributed by atoms with E-state index in [0.29, 0.717) is 0 Å². The minimum atomic E-state index is 0.148. The van der Waals surface area contributed by atoms with Gasteiger partial charge in [0.05, 0.1) is 16.6 Å². The van der Waals surface area contributed by atoms with Crippen LogP contribution in [0.1, 0.15) is 37.3 Å². The molecule has 2 aromatic rings. The van der Waals surface area contributed by atoms with Crippen LogP contribution < -0.4 is 9.64 Å². The molecule has 1 aromatic carbocycles. The lowest BCUT2D eigenvalue weighted by molar-refractivity contribution is 0.414. The molecular weight excluding hydrogens is 400 g/mol. The monoisotopic (exact) mass is 420 g/mol. The van der Waals surface area contributed by atoms with Gasteiger partial charge in [0.2, 0.25) is 0 Å². The lowest BCUT2D eigenvalue weighted by Gasteiger charge is -2.26. The number of rotatable bonds is 3. The highest BCUT2D eigenvalue weighted by Crippen LogP contribution is 2.55. The molecule has 0 bridgehead atoms. The Balaban J connectivity index is 1.70. The van der Waals surface area contributed by atoms with E-state index in [-0.39, 0.29) is 5.41 Å². The molecule has 1 spiro atoms. The Labute approximate surface area is 162 Å². The van der Waals surface area contributed by atoms with E-state index < -0.39 is 0 Å². The van der Waals surface area contributed by atoms with Crippen molar-refractivity contribution in [1.29, 1.82) is 0 Å². The lowest BCUT2D eigenvalue weighted by atomic mass is 9.81. The first-order valence-corrected chi connectivity index (χ1v) is 9.92. The van der Waals surface area contributed by atoms with E-state index in [9.17, 15) is 0 Å². The standard InChI is InChI=1S/C20H22BrClN2O/c1-13-7-8-20(9-13)12-24(11-14-3-5-15(25-2)6-4-14)19-17(20)18(22)16(21)10-23-19/h3-6,10,13H,7-9,11-12H2,1-2H3/t13-,20+/m1/s1. The van der Waals surface area contributed by atoms with Crippen molar-refractivity contribution >= 4 is 33.3 Å². The van der Waals surface area contributed by atoms with E-state index in [4.69, 9.17) is 21.3 Å². The summed E-state index contributed by atoms with van der Waals surface area (Å²) in [6.07, 6.45) is 5.48. The Morgan fingerprint density at radius 3 is 2.76 bits per heavy atom. The number of benzene rings is 1. The molecule has 0 unspecified atom stereocenters. The van der Waals surface area contributed by atoms with Gasteiger partial charge < -0.3 is 9.64 Å². The van der Waals surface area contributed by atoms with Crippen LogP contribution in [0.4, 0.5) is 5.82 Å². The lowest BCUT2D eigenvalue weighted by Crippen LogP contribution is -2.31. The van der Waals surface area contributed by atoms with Crippen LogP contribution in [0.3, 0.4) is 0 Å². The first kappa shape index (κ1) is 17.2. The van der Waals surface area contributed by atoms with Gasteiger partial charge in [-0.15, -0.1) is 0 Å². The Morgan fingerprint density at radius 1 is 1.36 bits per heavy atom. The Kier molecular flexibility index (Phi) is 4.45. The summed E-state index contributed by atoms with van der Waals surface area (Å²) in [5.41, 5.74) is 2.66. The molecule has 0 amide bonds. The fraction of sp³-hybridized carbons (Fsp3) is 0.450. The maximum absolute atomic E-state index is 6.73. The number of hydrogen-bond donors (Lipinski definition) is 0. The summed E-state index contributed by atoms with van der Waals surface area (Å²) in [5, 5.41) is 0.844. The van der Waals surface area contributed by atoms with Crippen LogP contribution >= 0.6 is 27.5 Å². The largest absolute Gasteiger partial charge is 0.497 e. The van der Waals surface area contributed by atoms with Crippen LogP contribution in [0.5, 0.6) is 5.75 Å². The summed E-state index contributed by atoms with van der Waals surface area (Å²) in [5.74, 6) is 2.68. The minimum Gasteiger partial charge on any atom is -0.497 e. The Bertz CT molecular complexity index is 795. The van der Waals surface area contributed by atoms with Crippen LogP contribution in [-0.4, -0.2) is 18.6 Å². The fourth-order valence-electron chi connectivity index (χ4n) is 4.53. The molecule has 132 valence electrons. The molecule has 1 fully saturated rings. The van der Waals surface area contributed by atoms with Gasteiger partial charge in [-0.05, 0) is 58.8 Å². The molecule has 1 aromatic heterocycles. The summed E-state index contributed by atoms with van der Waals surface area (Å²) in [6, 6.07) is 8.28. The van der Waals surface area contributed by atoms with Crippen molar-refractivity contribution in [3.8, 4) is 5.75 Å². The number of fused-ring (bicyclic) bond motifs is 2. The number of anilines is 1. The van der Waals surface area contributed by atoms with Gasteiger partial charge in [0.15, 0.2) is 0 Å². The van der Waals surface area contributed by atoms with Crippen LogP contribution in [0.15, 0.2) is 34.9 Å². The van der Waals surface area contributed by atoms with Crippen LogP contribution in [0.25, 0.3) is 0 Å². The highest BCUT2D eigenvalue weighted by molar-refractivity contribution is 9.10. The summed E-state index contributed by atoms with van der Waals surface area (Å²) < 4.78 is 6.16. The third-order valence-electron chi connectivity index (χ3n) is 5.66. The maximum Gasteiger partial charge on any atom is 0.134 e. The molecular formula is C20H22BrClN2O. The molecule has 1 aliphatic carbocycles. The van der Waals surface area contributed by atoms with Gasteiger partial charge in [-0.25, -0.2) is 4.98 Å². The van der Waals surface area contributed by atoms with E-state index in [1.54, 1.807) is 7.11 Å². The summed E-state index contributed by atoms with van der Waals surface area (Å²) in [7, 11) is 1.69. The van der Waals surface area contributed by atoms with E-state index in [2.05, 4.69) is 39.9 Å². The fourth-order valence-corrected chi connectivity index (χ4v) is 5.17. The van der Waals surface area contributed by atoms with Crippen molar-refractivity contribution in [3.63, 3.8) is 0 Å². The van der Waals surface area contributed by atoms with Crippen LogP contribution in [0, 0.1) is 5.92 Å². The van der Waals surface area contributed by atoms with Crippen molar-refractivity contribution in [2.24, 2.45) is 5.92 Å². The van der Waals surface area contributed by atoms with Crippen molar-refractivity contribution in [2.45, 2.75) is 38.1 Å². The van der Waals surface area contributed by atoms with Crippen LogP contribution in [-0.2, 0) is 12.0 Å². The topological polar surface area (TPSA) is 25.4 Å². The van der Waals surface area contributed by atoms with Gasteiger partial charge in [-0.2, -0.15) is 0 Å². The molecule has 0 N–H and O–H groups in total. The second-order valence-electron chi connectivity index (χ2n) is 7.45. The molecule has 3 nitrogen and oxygen atoms in total. The third-order valence-corrected chi connectivity index (χ3v) is 6.89. The number of halogens is 2. The van der Waals surface area contributed by atoms with Gasteiger partial charge >= 0.3 is 0 Å². The molecule has 25 heavy (non-hydrogen) atoms. The van der Waals surface area contributed by atoms with Crippen molar-refractivity contribution < 1.29 is 4.74 Å². The number of nitrogens with zero attached hydrogens (tertiary/aromatic N) is 2. The Hall–Kier alpha value is -1.26. The van der Waals surface area contributed by atoms with Crippen molar-refractivity contribution in [3.05, 3.63) is 51.1 Å². The number of methoxy groups -OCH3 is 1. The van der Waals surface area contributed by atoms with E-state index >= 15 is 0 Å². The number of pyridine rings is 1. The summed E-state index contributed by atoms with van der Waals surface area (Å²) >= 11 is 10.3. The van der Waals surface area contributed by atoms with E-state index in [1.807, 2.05) is 18.3 Å². The zero-order valence-electron chi connectivity index (χ0n) is 14.6. The first-order valence-electron chi connectivity index (χ1n) is 8.75. The maximum atomic E-state index is 6.73. The number of hydrogen-bond acceptors (Lipinski definition) is 3. The quantitative estimate of drug-likeness (QED) is 0.646. The van der Waals surface area contributed by atoms with Gasteiger partial charge in [0.1, 0.15) is 11.6 Å². The normalized spacial score (nSPS) is 24.8. The Morgan fingerprint density at radius 2 is 2.12 bits per heavy atom. The average Bonchev–Trinajstić information content (AvgIpc) is 3.12. The van der Waals surface area contributed by atoms with E-state index in [0.717, 1.165) is 40.1 Å². The van der Waals surface area contributed by atoms with Gasteiger partial charge in [-0.3, -0.25) is 0 Å². The van der Waals surface area contributed by atoms with Gasteiger partial charge in [0, 0.05) is 30.3 Å². The smallest absolute Gasteiger partial charge is 0.134 e.